The third-order valence-corrected chi connectivity index (χ3v) is 6.92. The molecule has 8 heteroatoms. The third kappa shape index (κ3) is 4.10. The van der Waals surface area contributed by atoms with E-state index in [0.717, 1.165) is 22.5 Å². The van der Waals surface area contributed by atoms with Crippen molar-refractivity contribution in [2.75, 3.05) is 17.2 Å². The molecule has 0 aliphatic carbocycles. The largest absolute Gasteiger partial charge is 0.312 e. The molecule has 0 radical (unpaired) electrons. The van der Waals surface area contributed by atoms with Crippen LogP contribution < -0.4 is 10.5 Å². The minimum Gasteiger partial charge on any atom is -0.312 e. The summed E-state index contributed by atoms with van der Waals surface area (Å²) in [4.78, 5) is 28.4. The molecule has 2 heterocycles. The van der Waals surface area contributed by atoms with Crippen LogP contribution in [0.5, 0.6) is 0 Å². The minimum atomic E-state index is -0.150. The number of hydrogen-bond acceptors (Lipinski definition) is 5. The van der Waals surface area contributed by atoms with E-state index in [1.54, 1.807) is 9.47 Å². The zero-order valence-corrected chi connectivity index (χ0v) is 20.6. The van der Waals surface area contributed by atoms with E-state index >= 15 is 0 Å². The number of thioether (sulfide) groups is 1. The van der Waals surface area contributed by atoms with Crippen LogP contribution in [0.3, 0.4) is 0 Å². The lowest BCUT2D eigenvalue weighted by Gasteiger charge is -2.20. The molecule has 0 fully saturated rings. The van der Waals surface area contributed by atoms with Gasteiger partial charge >= 0.3 is 0 Å². The molecular weight excluding hydrogens is 458 g/mol. The predicted molar refractivity (Wildman–Crippen MR) is 141 cm³/mol. The SMILES string of the molecule is CCN(C(=O)CSc1nnc2n(-c3cc(C)ccc3C)c(=O)c3ccccc3n12)c1ccccc1. The summed E-state index contributed by atoms with van der Waals surface area (Å²) in [6.07, 6.45) is 0. The molecule has 7 nitrogen and oxygen atoms in total. The van der Waals surface area contributed by atoms with E-state index in [9.17, 15) is 9.59 Å². The predicted octanol–water partition coefficient (Wildman–Crippen LogP) is 4.80. The summed E-state index contributed by atoms with van der Waals surface area (Å²) in [5.74, 6) is 0.598. The average Bonchev–Trinajstić information content (AvgIpc) is 3.30. The minimum absolute atomic E-state index is 0.0207. The number of carbonyl (C=O) groups excluding carboxylic acids is 1. The van der Waals surface area contributed by atoms with Gasteiger partial charge in [0.1, 0.15) is 0 Å². The maximum absolute atomic E-state index is 13.6. The van der Waals surface area contributed by atoms with E-state index in [1.807, 2.05) is 98.0 Å². The Morgan fingerprint density at radius 2 is 1.71 bits per heavy atom. The first kappa shape index (κ1) is 22.9. The van der Waals surface area contributed by atoms with Crippen LogP contribution in [0.2, 0.25) is 0 Å². The molecule has 2 aromatic heterocycles. The van der Waals surface area contributed by atoms with Crippen LogP contribution in [0.15, 0.2) is 82.7 Å². The Morgan fingerprint density at radius 1 is 0.971 bits per heavy atom. The molecule has 0 unspecified atom stereocenters. The van der Waals surface area contributed by atoms with Gasteiger partial charge in [0.25, 0.3) is 5.56 Å². The molecule has 3 aromatic carbocycles. The van der Waals surface area contributed by atoms with Gasteiger partial charge in [-0.1, -0.05) is 54.2 Å². The van der Waals surface area contributed by atoms with E-state index in [1.165, 1.54) is 11.8 Å². The number of aryl methyl sites for hydroxylation is 2. The third-order valence-electron chi connectivity index (χ3n) is 6.01. The summed E-state index contributed by atoms with van der Waals surface area (Å²) < 4.78 is 3.49. The summed E-state index contributed by atoms with van der Waals surface area (Å²) in [5.41, 5.74) is 4.20. The maximum atomic E-state index is 13.6. The van der Waals surface area contributed by atoms with Gasteiger partial charge in [-0.2, -0.15) is 0 Å². The Balaban J connectivity index is 1.61. The number of fused-ring (bicyclic) bond motifs is 3. The fraction of sp³-hybridized carbons (Fsp3) is 0.185. The summed E-state index contributed by atoms with van der Waals surface area (Å²) in [5, 5.41) is 9.93. The Kier molecular flexibility index (Phi) is 6.13. The van der Waals surface area contributed by atoms with Gasteiger partial charge in [-0.3, -0.25) is 14.0 Å². The molecule has 176 valence electrons. The van der Waals surface area contributed by atoms with Crippen molar-refractivity contribution in [1.29, 1.82) is 0 Å². The summed E-state index contributed by atoms with van der Waals surface area (Å²) in [6.45, 7) is 6.49. The molecule has 5 aromatic rings. The normalized spacial score (nSPS) is 11.3. The van der Waals surface area contributed by atoms with Crippen LogP contribution >= 0.6 is 11.8 Å². The van der Waals surface area contributed by atoms with E-state index in [2.05, 4.69) is 10.2 Å². The molecule has 0 spiro atoms. The van der Waals surface area contributed by atoms with Gasteiger partial charge < -0.3 is 4.90 Å². The van der Waals surface area contributed by atoms with Crippen molar-refractivity contribution < 1.29 is 4.79 Å². The van der Waals surface area contributed by atoms with Crippen LogP contribution in [0.4, 0.5) is 5.69 Å². The second-order valence-corrected chi connectivity index (χ2v) is 9.27. The lowest BCUT2D eigenvalue weighted by Crippen LogP contribution is -2.32. The van der Waals surface area contributed by atoms with Gasteiger partial charge in [0.05, 0.1) is 22.3 Å². The number of aromatic nitrogens is 4. The smallest absolute Gasteiger partial charge is 0.267 e. The molecule has 1 amide bonds. The quantitative estimate of drug-likeness (QED) is 0.325. The highest BCUT2D eigenvalue weighted by molar-refractivity contribution is 7.99. The van der Waals surface area contributed by atoms with Gasteiger partial charge in [0, 0.05) is 12.2 Å². The van der Waals surface area contributed by atoms with E-state index in [4.69, 9.17) is 0 Å². The number of amides is 1. The van der Waals surface area contributed by atoms with Crippen LogP contribution in [0.1, 0.15) is 18.1 Å². The van der Waals surface area contributed by atoms with Crippen LogP contribution in [0.25, 0.3) is 22.4 Å². The summed E-state index contributed by atoms with van der Waals surface area (Å²) >= 11 is 1.32. The van der Waals surface area contributed by atoms with Gasteiger partial charge in [-0.15, -0.1) is 10.2 Å². The number of hydrogen-bond donors (Lipinski definition) is 0. The molecule has 0 atom stereocenters. The number of anilines is 1. The Morgan fingerprint density at radius 3 is 2.49 bits per heavy atom. The molecule has 5 rings (SSSR count). The number of rotatable bonds is 6. The van der Waals surface area contributed by atoms with Crippen molar-refractivity contribution in [2.24, 2.45) is 0 Å². The average molecular weight is 484 g/mol. The van der Waals surface area contributed by atoms with E-state index in [-0.39, 0.29) is 17.2 Å². The molecular formula is C27H25N5O2S. The second kappa shape index (κ2) is 9.38. The lowest BCUT2D eigenvalue weighted by atomic mass is 10.1. The van der Waals surface area contributed by atoms with Gasteiger partial charge in [0.2, 0.25) is 11.7 Å². The Bertz CT molecular complexity index is 1610. The van der Waals surface area contributed by atoms with Crippen LogP contribution in [0, 0.1) is 13.8 Å². The molecule has 0 aliphatic rings. The number of nitrogens with zero attached hydrogens (tertiary/aromatic N) is 5. The first-order valence-electron chi connectivity index (χ1n) is 11.4. The lowest BCUT2D eigenvalue weighted by molar-refractivity contribution is -0.116. The Hall–Kier alpha value is -3.91. The van der Waals surface area contributed by atoms with Gasteiger partial charge in [-0.25, -0.2) is 4.57 Å². The van der Waals surface area contributed by atoms with Crippen molar-refractivity contribution in [3.8, 4) is 5.69 Å². The van der Waals surface area contributed by atoms with Gasteiger partial charge in [0.15, 0.2) is 5.16 Å². The molecule has 0 bridgehead atoms. The van der Waals surface area contributed by atoms with Crippen LogP contribution in [-0.4, -0.2) is 37.4 Å². The van der Waals surface area contributed by atoms with E-state index < -0.39 is 0 Å². The molecule has 0 aliphatic heterocycles. The second-order valence-electron chi connectivity index (χ2n) is 8.33. The Labute approximate surface area is 207 Å². The maximum Gasteiger partial charge on any atom is 0.267 e. The van der Waals surface area contributed by atoms with Crippen molar-refractivity contribution in [3.05, 3.63) is 94.3 Å². The highest BCUT2D eigenvalue weighted by atomic mass is 32.2. The van der Waals surface area contributed by atoms with Crippen LogP contribution in [-0.2, 0) is 4.79 Å². The first-order valence-corrected chi connectivity index (χ1v) is 12.4. The van der Waals surface area contributed by atoms with Crippen molar-refractivity contribution >= 4 is 40.0 Å². The first-order chi connectivity index (χ1) is 17.0. The molecule has 35 heavy (non-hydrogen) atoms. The monoisotopic (exact) mass is 483 g/mol. The topological polar surface area (TPSA) is 72.5 Å². The highest BCUT2D eigenvalue weighted by Crippen LogP contribution is 2.25. The highest BCUT2D eigenvalue weighted by Gasteiger charge is 2.21. The number of benzene rings is 3. The fourth-order valence-corrected chi connectivity index (χ4v) is 5.08. The fourth-order valence-electron chi connectivity index (χ4n) is 4.26. The molecule has 0 saturated carbocycles. The van der Waals surface area contributed by atoms with Crippen molar-refractivity contribution in [2.45, 2.75) is 25.9 Å². The number of para-hydroxylation sites is 2. The summed E-state index contributed by atoms with van der Waals surface area (Å²) in [6, 6.07) is 23.0. The van der Waals surface area contributed by atoms with Crippen molar-refractivity contribution in [3.63, 3.8) is 0 Å². The van der Waals surface area contributed by atoms with Crippen molar-refractivity contribution in [1.82, 2.24) is 19.2 Å². The standard InChI is InChI=1S/C27H25N5O2S/c1-4-30(20-10-6-5-7-11-20)24(33)17-35-27-29-28-26-31(23-16-18(2)14-15-19(23)3)25(34)21-12-8-9-13-22(21)32(26)27/h5-16H,4,17H2,1-3H3. The zero-order chi connectivity index (χ0) is 24.5. The molecule has 0 saturated heterocycles. The van der Waals surface area contributed by atoms with Gasteiger partial charge in [-0.05, 0) is 62.2 Å². The number of carbonyl (C=O) groups is 1. The van der Waals surface area contributed by atoms with E-state index in [0.29, 0.717) is 28.4 Å². The molecule has 0 N–H and O–H groups in total. The summed E-state index contributed by atoms with van der Waals surface area (Å²) in [7, 11) is 0. The zero-order valence-electron chi connectivity index (χ0n) is 19.8.